The summed E-state index contributed by atoms with van der Waals surface area (Å²) in [5.41, 5.74) is 1.31. The third-order valence-corrected chi connectivity index (χ3v) is 5.17. The highest BCUT2D eigenvalue weighted by Gasteiger charge is 2.16. The smallest absolute Gasteiger partial charge is 0.272 e. The normalized spacial score (nSPS) is 10.9. The lowest BCUT2D eigenvalue weighted by molar-refractivity contribution is -0.113. The Hall–Kier alpha value is -3.78. The fraction of sp³-hybridized carbons (Fsp3) is 0.130. The van der Waals surface area contributed by atoms with Gasteiger partial charge in [-0.3, -0.25) is 9.59 Å². The monoisotopic (exact) mass is 438 g/mol. The van der Waals surface area contributed by atoms with Crippen LogP contribution in [-0.4, -0.2) is 33.1 Å². The second-order valence-corrected chi connectivity index (χ2v) is 7.23. The van der Waals surface area contributed by atoms with Crippen molar-refractivity contribution in [2.45, 2.75) is 0 Å². The predicted molar refractivity (Wildman–Crippen MR) is 121 cm³/mol. The molecule has 0 aliphatic heterocycles. The lowest BCUT2D eigenvalue weighted by Crippen LogP contribution is -2.30. The summed E-state index contributed by atoms with van der Waals surface area (Å²) in [4.78, 5) is 26.1. The molecule has 0 spiro atoms. The van der Waals surface area contributed by atoms with Gasteiger partial charge in [0.05, 0.1) is 26.2 Å². The van der Waals surface area contributed by atoms with E-state index in [1.807, 2.05) is 0 Å². The Kier molecular flexibility index (Phi) is 7.29. The minimum absolute atomic E-state index is 0.0847. The quantitative estimate of drug-likeness (QED) is 0.515. The van der Waals surface area contributed by atoms with Gasteiger partial charge in [0.15, 0.2) is 11.5 Å². The molecule has 0 unspecified atom stereocenters. The van der Waals surface area contributed by atoms with Crippen LogP contribution in [0.3, 0.4) is 0 Å². The molecule has 0 aliphatic rings. The average Bonchev–Trinajstić information content (AvgIpc) is 3.34. The molecule has 7 nitrogen and oxygen atoms in total. The van der Waals surface area contributed by atoms with Crippen molar-refractivity contribution in [3.8, 4) is 17.2 Å². The Balaban J connectivity index is 1.90. The van der Waals surface area contributed by atoms with Crippen molar-refractivity contribution >= 4 is 34.9 Å². The van der Waals surface area contributed by atoms with E-state index in [0.29, 0.717) is 33.4 Å². The van der Waals surface area contributed by atoms with Crippen LogP contribution in [0, 0.1) is 0 Å². The first kappa shape index (κ1) is 21.9. The fourth-order valence-corrected chi connectivity index (χ4v) is 3.35. The first-order valence-corrected chi connectivity index (χ1v) is 10.2. The van der Waals surface area contributed by atoms with Crippen LogP contribution in [0.25, 0.3) is 6.08 Å². The van der Waals surface area contributed by atoms with Gasteiger partial charge in [-0.25, -0.2) is 0 Å². The molecule has 1 heterocycles. The van der Waals surface area contributed by atoms with Gasteiger partial charge in [-0.15, -0.1) is 11.3 Å². The van der Waals surface area contributed by atoms with E-state index in [9.17, 15) is 9.59 Å². The number of ether oxygens (including phenoxy) is 3. The van der Waals surface area contributed by atoms with Gasteiger partial charge in [0.1, 0.15) is 11.4 Å². The van der Waals surface area contributed by atoms with E-state index in [2.05, 4.69) is 10.6 Å². The maximum atomic E-state index is 13.0. The van der Waals surface area contributed by atoms with Crippen molar-refractivity contribution in [3.63, 3.8) is 0 Å². The van der Waals surface area contributed by atoms with Gasteiger partial charge in [0.25, 0.3) is 11.8 Å². The molecule has 0 saturated heterocycles. The zero-order chi connectivity index (χ0) is 22.2. The van der Waals surface area contributed by atoms with Crippen LogP contribution in [-0.2, 0) is 4.79 Å². The van der Waals surface area contributed by atoms with Gasteiger partial charge in [-0.1, -0.05) is 12.1 Å². The molecular weight excluding hydrogens is 416 g/mol. The molecule has 0 bridgehead atoms. The number of methoxy groups -OCH3 is 3. The average molecular weight is 439 g/mol. The van der Waals surface area contributed by atoms with E-state index in [1.165, 1.54) is 18.4 Å². The second kappa shape index (κ2) is 10.3. The summed E-state index contributed by atoms with van der Waals surface area (Å²) in [5.74, 6) is 0.906. The summed E-state index contributed by atoms with van der Waals surface area (Å²) in [6, 6.07) is 15.6. The Labute approximate surface area is 184 Å². The first-order valence-electron chi connectivity index (χ1n) is 9.28. The molecule has 160 valence electrons. The maximum absolute atomic E-state index is 13.0. The van der Waals surface area contributed by atoms with Crippen molar-refractivity contribution in [1.29, 1.82) is 0 Å². The number of rotatable bonds is 8. The number of benzene rings is 2. The molecule has 3 rings (SSSR count). The zero-order valence-corrected chi connectivity index (χ0v) is 18.1. The van der Waals surface area contributed by atoms with E-state index in [4.69, 9.17) is 14.2 Å². The molecule has 1 aromatic heterocycles. The first-order chi connectivity index (χ1) is 15.0. The van der Waals surface area contributed by atoms with Crippen LogP contribution in [0.5, 0.6) is 17.2 Å². The number of nitrogens with one attached hydrogen (secondary N) is 2. The van der Waals surface area contributed by atoms with Gasteiger partial charge in [-0.2, -0.15) is 0 Å². The summed E-state index contributed by atoms with van der Waals surface area (Å²) < 4.78 is 15.7. The summed E-state index contributed by atoms with van der Waals surface area (Å²) in [6.07, 6.45) is 1.58. The van der Waals surface area contributed by atoms with E-state index < -0.39 is 5.91 Å². The SMILES string of the molecule is COc1ccc(NC(=O)/C(=C\c2ccc(OC)c(OC)c2)NC(=O)c2cccs2)cc1. The van der Waals surface area contributed by atoms with Gasteiger partial charge in [0, 0.05) is 5.69 Å². The van der Waals surface area contributed by atoms with Crippen molar-refractivity contribution in [1.82, 2.24) is 5.32 Å². The largest absolute Gasteiger partial charge is 0.497 e. The van der Waals surface area contributed by atoms with Crippen molar-refractivity contribution in [3.05, 3.63) is 76.1 Å². The maximum Gasteiger partial charge on any atom is 0.272 e. The molecule has 3 aromatic rings. The van der Waals surface area contributed by atoms with Crippen LogP contribution < -0.4 is 24.8 Å². The molecular formula is C23H22N2O5S. The third-order valence-electron chi connectivity index (χ3n) is 4.30. The molecule has 8 heteroatoms. The molecule has 0 radical (unpaired) electrons. The highest BCUT2D eigenvalue weighted by molar-refractivity contribution is 7.12. The van der Waals surface area contributed by atoms with Crippen LogP contribution in [0.2, 0.25) is 0 Å². The van der Waals surface area contributed by atoms with Crippen molar-refractivity contribution in [2.75, 3.05) is 26.6 Å². The number of anilines is 1. The van der Waals surface area contributed by atoms with Crippen LogP contribution in [0.4, 0.5) is 5.69 Å². The molecule has 2 amide bonds. The Morgan fingerprint density at radius 1 is 0.903 bits per heavy atom. The van der Waals surface area contributed by atoms with Crippen LogP contribution in [0.1, 0.15) is 15.2 Å². The van der Waals surface area contributed by atoms with Crippen LogP contribution >= 0.6 is 11.3 Å². The van der Waals surface area contributed by atoms with Crippen molar-refractivity contribution < 1.29 is 23.8 Å². The van der Waals surface area contributed by atoms with Crippen LogP contribution in [0.15, 0.2) is 65.7 Å². The number of hydrogen-bond donors (Lipinski definition) is 2. The number of thiophene rings is 1. The summed E-state index contributed by atoms with van der Waals surface area (Å²) in [6.45, 7) is 0. The molecule has 2 N–H and O–H groups in total. The van der Waals surface area contributed by atoms with Crippen molar-refractivity contribution in [2.24, 2.45) is 0 Å². The summed E-state index contributed by atoms with van der Waals surface area (Å²) in [7, 11) is 4.64. The second-order valence-electron chi connectivity index (χ2n) is 6.29. The zero-order valence-electron chi connectivity index (χ0n) is 17.3. The fourth-order valence-electron chi connectivity index (χ4n) is 2.73. The summed E-state index contributed by atoms with van der Waals surface area (Å²) in [5, 5.41) is 7.28. The third kappa shape index (κ3) is 5.64. The predicted octanol–water partition coefficient (Wildman–Crippen LogP) is 4.18. The lowest BCUT2D eigenvalue weighted by Gasteiger charge is -2.12. The molecule has 0 atom stereocenters. The Morgan fingerprint density at radius 3 is 2.26 bits per heavy atom. The molecule has 2 aromatic carbocycles. The topological polar surface area (TPSA) is 85.9 Å². The van der Waals surface area contributed by atoms with E-state index in [1.54, 1.807) is 80.3 Å². The van der Waals surface area contributed by atoms with Gasteiger partial charge in [-0.05, 0) is 59.5 Å². The van der Waals surface area contributed by atoms with E-state index in [-0.39, 0.29) is 11.6 Å². The molecule has 31 heavy (non-hydrogen) atoms. The number of hydrogen-bond acceptors (Lipinski definition) is 6. The lowest BCUT2D eigenvalue weighted by atomic mass is 10.1. The minimum atomic E-state index is -0.468. The highest BCUT2D eigenvalue weighted by Crippen LogP contribution is 2.28. The van der Waals surface area contributed by atoms with Gasteiger partial charge in [0.2, 0.25) is 0 Å². The Morgan fingerprint density at radius 2 is 1.65 bits per heavy atom. The Bertz CT molecular complexity index is 1080. The van der Waals surface area contributed by atoms with E-state index in [0.717, 1.165) is 0 Å². The highest BCUT2D eigenvalue weighted by atomic mass is 32.1. The number of amides is 2. The molecule has 0 aliphatic carbocycles. The summed E-state index contributed by atoms with van der Waals surface area (Å²) >= 11 is 1.29. The molecule has 0 saturated carbocycles. The van der Waals surface area contributed by atoms with Gasteiger partial charge < -0.3 is 24.8 Å². The molecule has 0 fully saturated rings. The number of carbonyl (C=O) groups is 2. The minimum Gasteiger partial charge on any atom is -0.497 e. The standard InChI is InChI=1S/C23H22N2O5S/c1-28-17-9-7-16(8-10-17)24-22(26)18(25-23(27)21-5-4-12-31-21)13-15-6-11-19(29-2)20(14-15)30-3/h4-14H,1-3H3,(H,24,26)(H,25,27)/b18-13+. The van der Waals surface area contributed by atoms with E-state index >= 15 is 0 Å². The number of carbonyl (C=O) groups excluding carboxylic acids is 2. The van der Waals surface area contributed by atoms with Gasteiger partial charge >= 0.3 is 0 Å².